The van der Waals surface area contributed by atoms with E-state index in [1.54, 1.807) is 0 Å². The van der Waals surface area contributed by atoms with E-state index in [1.807, 2.05) is 24.4 Å². The Morgan fingerprint density at radius 1 is 0.373 bits per heavy atom. The molecule has 0 heterocycles. The monoisotopic (exact) mass is 650 g/mol. The SMILES string of the molecule is C(=Nc1ccccc1Nc1ccc(-c2ccc3c(-c4ccccc4)c4ccccc4c(-c4ccccc4)c3c2)cc1)c1cccc2ccccc12. The van der Waals surface area contributed by atoms with Crippen LogP contribution in [0.5, 0.6) is 0 Å². The minimum Gasteiger partial charge on any atom is -0.354 e. The van der Waals surface area contributed by atoms with Gasteiger partial charge in [-0.2, -0.15) is 0 Å². The number of benzene rings is 9. The number of aliphatic imine (C=N–C) groups is 1. The van der Waals surface area contributed by atoms with Crippen molar-refractivity contribution in [2.45, 2.75) is 0 Å². The number of nitrogens with zero attached hydrogens (tertiary/aromatic N) is 1. The minimum absolute atomic E-state index is 0.888. The zero-order chi connectivity index (χ0) is 34.0. The fourth-order valence-corrected chi connectivity index (χ4v) is 7.29. The van der Waals surface area contributed by atoms with Crippen LogP contribution in [-0.4, -0.2) is 6.21 Å². The molecule has 0 radical (unpaired) electrons. The summed E-state index contributed by atoms with van der Waals surface area (Å²) in [4.78, 5) is 4.91. The molecule has 240 valence electrons. The molecule has 9 rings (SSSR count). The lowest BCUT2D eigenvalue weighted by molar-refractivity contribution is 1.48. The molecule has 0 aliphatic rings. The van der Waals surface area contributed by atoms with Gasteiger partial charge in [-0.05, 0) is 96.0 Å². The van der Waals surface area contributed by atoms with Crippen LogP contribution in [0.2, 0.25) is 0 Å². The highest BCUT2D eigenvalue weighted by Gasteiger charge is 2.17. The first-order chi connectivity index (χ1) is 25.3. The second kappa shape index (κ2) is 13.3. The van der Waals surface area contributed by atoms with Crippen LogP contribution in [-0.2, 0) is 0 Å². The van der Waals surface area contributed by atoms with E-state index in [0.29, 0.717) is 0 Å². The number of hydrogen-bond donors (Lipinski definition) is 1. The predicted molar refractivity (Wildman–Crippen MR) is 219 cm³/mol. The van der Waals surface area contributed by atoms with Crippen molar-refractivity contribution < 1.29 is 0 Å². The molecule has 1 N–H and O–H groups in total. The van der Waals surface area contributed by atoms with E-state index >= 15 is 0 Å². The van der Waals surface area contributed by atoms with Gasteiger partial charge in [-0.3, -0.25) is 4.99 Å². The highest BCUT2D eigenvalue weighted by atomic mass is 14.9. The van der Waals surface area contributed by atoms with Gasteiger partial charge in [0.15, 0.2) is 0 Å². The van der Waals surface area contributed by atoms with Crippen LogP contribution in [0.3, 0.4) is 0 Å². The van der Waals surface area contributed by atoms with Crippen molar-refractivity contribution in [2.75, 3.05) is 5.32 Å². The molecule has 0 aliphatic carbocycles. The average molecular weight is 651 g/mol. The molecule has 2 nitrogen and oxygen atoms in total. The first-order valence-corrected chi connectivity index (χ1v) is 17.4. The lowest BCUT2D eigenvalue weighted by Gasteiger charge is -2.18. The maximum Gasteiger partial charge on any atom is 0.0864 e. The number of nitrogens with one attached hydrogen (secondary N) is 1. The van der Waals surface area contributed by atoms with Crippen molar-refractivity contribution in [1.82, 2.24) is 0 Å². The first kappa shape index (κ1) is 30.3. The number of fused-ring (bicyclic) bond motifs is 3. The van der Waals surface area contributed by atoms with E-state index in [0.717, 1.165) is 28.2 Å². The smallest absolute Gasteiger partial charge is 0.0864 e. The summed E-state index contributed by atoms with van der Waals surface area (Å²) < 4.78 is 0. The lowest BCUT2D eigenvalue weighted by Crippen LogP contribution is -1.92. The molecule has 0 amide bonds. The summed E-state index contributed by atoms with van der Waals surface area (Å²) in [6.45, 7) is 0. The van der Waals surface area contributed by atoms with Gasteiger partial charge in [0.2, 0.25) is 0 Å². The Bertz CT molecular complexity index is 2690. The van der Waals surface area contributed by atoms with Gasteiger partial charge < -0.3 is 5.32 Å². The van der Waals surface area contributed by atoms with Crippen molar-refractivity contribution in [3.8, 4) is 33.4 Å². The summed E-state index contributed by atoms with van der Waals surface area (Å²) in [6.07, 6.45) is 1.96. The second-order valence-corrected chi connectivity index (χ2v) is 12.8. The predicted octanol–water partition coefficient (Wildman–Crippen LogP) is 13.6. The molecule has 0 aromatic heterocycles. The van der Waals surface area contributed by atoms with E-state index < -0.39 is 0 Å². The molecule has 0 bridgehead atoms. The van der Waals surface area contributed by atoms with Crippen LogP contribution in [0.15, 0.2) is 199 Å². The largest absolute Gasteiger partial charge is 0.354 e. The summed E-state index contributed by atoms with van der Waals surface area (Å²) in [6, 6.07) is 69.0. The molecular weight excluding hydrogens is 617 g/mol. The van der Waals surface area contributed by atoms with Gasteiger partial charge in [-0.15, -0.1) is 0 Å². The summed E-state index contributed by atoms with van der Waals surface area (Å²) in [5.41, 5.74) is 11.3. The number of anilines is 2. The number of rotatable bonds is 7. The molecule has 9 aromatic carbocycles. The maximum absolute atomic E-state index is 4.91. The lowest BCUT2D eigenvalue weighted by atomic mass is 9.85. The third-order valence-corrected chi connectivity index (χ3v) is 9.72. The molecule has 0 aliphatic heterocycles. The van der Waals surface area contributed by atoms with Crippen LogP contribution >= 0.6 is 0 Å². The van der Waals surface area contributed by atoms with E-state index in [2.05, 4.69) is 181 Å². The zero-order valence-corrected chi connectivity index (χ0v) is 28.0. The quantitative estimate of drug-likeness (QED) is 0.135. The normalized spacial score (nSPS) is 11.5. The molecular formula is C49H34N2. The van der Waals surface area contributed by atoms with Crippen LogP contribution in [0.1, 0.15) is 5.56 Å². The molecule has 2 heteroatoms. The minimum atomic E-state index is 0.888. The highest BCUT2D eigenvalue weighted by Crippen LogP contribution is 2.44. The zero-order valence-electron chi connectivity index (χ0n) is 28.0. The Morgan fingerprint density at radius 3 is 1.65 bits per heavy atom. The standard InChI is InChI=1S/C49H34N2/c1-3-15-36(16-4-1)48-42-22-9-10-23-43(42)49(37-17-5-2-6-18-37)45-32-38(28-31-44(45)48)34-26-29-40(30-27-34)51-47-25-12-11-24-46(47)50-33-39-20-13-19-35-14-7-8-21-41(35)39/h1-33,51H. The van der Waals surface area contributed by atoms with Gasteiger partial charge in [0.1, 0.15) is 0 Å². The fourth-order valence-electron chi connectivity index (χ4n) is 7.29. The summed E-state index contributed by atoms with van der Waals surface area (Å²) >= 11 is 0. The van der Waals surface area contributed by atoms with Gasteiger partial charge in [0, 0.05) is 17.5 Å². The average Bonchev–Trinajstić information content (AvgIpc) is 3.20. The summed E-state index contributed by atoms with van der Waals surface area (Å²) in [5.74, 6) is 0. The number of hydrogen-bond acceptors (Lipinski definition) is 2. The van der Waals surface area contributed by atoms with Crippen molar-refractivity contribution >= 4 is 55.6 Å². The van der Waals surface area contributed by atoms with Crippen molar-refractivity contribution in [3.05, 3.63) is 200 Å². The molecule has 0 atom stereocenters. The van der Waals surface area contributed by atoms with Gasteiger partial charge in [-0.1, -0.05) is 164 Å². The van der Waals surface area contributed by atoms with Crippen LogP contribution in [0, 0.1) is 0 Å². The molecule has 0 saturated carbocycles. The molecule has 0 saturated heterocycles. The Balaban J connectivity index is 1.09. The van der Waals surface area contributed by atoms with Crippen LogP contribution in [0.4, 0.5) is 17.1 Å². The maximum atomic E-state index is 4.91. The second-order valence-electron chi connectivity index (χ2n) is 12.8. The molecule has 0 spiro atoms. The van der Waals surface area contributed by atoms with Crippen LogP contribution < -0.4 is 5.32 Å². The number of para-hydroxylation sites is 2. The van der Waals surface area contributed by atoms with E-state index in [-0.39, 0.29) is 0 Å². The topological polar surface area (TPSA) is 24.4 Å². The van der Waals surface area contributed by atoms with Gasteiger partial charge >= 0.3 is 0 Å². The Kier molecular flexibility index (Phi) is 7.88. The Hall–Kier alpha value is -6.77. The third-order valence-electron chi connectivity index (χ3n) is 9.72. The van der Waals surface area contributed by atoms with Crippen LogP contribution in [0.25, 0.3) is 65.7 Å². The van der Waals surface area contributed by atoms with Crippen molar-refractivity contribution in [3.63, 3.8) is 0 Å². The third kappa shape index (κ3) is 5.83. The van der Waals surface area contributed by atoms with E-state index in [4.69, 9.17) is 4.99 Å². The van der Waals surface area contributed by atoms with Gasteiger partial charge in [0.05, 0.1) is 11.4 Å². The Labute approximate surface area is 298 Å². The highest BCUT2D eigenvalue weighted by molar-refractivity contribution is 6.22. The van der Waals surface area contributed by atoms with Crippen molar-refractivity contribution in [1.29, 1.82) is 0 Å². The molecule has 0 fully saturated rings. The summed E-state index contributed by atoms with van der Waals surface area (Å²) in [5, 5.41) is 11.0. The molecule has 9 aromatic rings. The van der Waals surface area contributed by atoms with Gasteiger partial charge in [-0.25, -0.2) is 0 Å². The van der Waals surface area contributed by atoms with E-state index in [1.165, 1.54) is 60.1 Å². The summed E-state index contributed by atoms with van der Waals surface area (Å²) in [7, 11) is 0. The van der Waals surface area contributed by atoms with Gasteiger partial charge in [0.25, 0.3) is 0 Å². The fraction of sp³-hybridized carbons (Fsp3) is 0. The van der Waals surface area contributed by atoms with E-state index in [9.17, 15) is 0 Å². The molecule has 51 heavy (non-hydrogen) atoms. The van der Waals surface area contributed by atoms with Crippen molar-refractivity contribution in [2.24, 2.45) is 4.99 Å². The Morgan fingerprint density at radius 2 is 0.922 bits per heavy atom. The molecule has 0 unspecified atom stereocenters. The first-order valence-electron chi connectivity index (χ1n) is 17.4.